The molecule has 0 saturated carbocycles. The maximum Gasteiger partial charge on any atom is 0.299 e. The molecule has 11 heteroatoms. The molecular formula is C32H26N4O7. The van der Waals surface area contributed by atoms with Crippen molar-refractivity contribution in [3.05, 3.63) is 108 Å². The molecule has 0 spiro atoms. The number of ether oxygens (including phenoxy) is 3. The Bertz CT molecular complexity index is 1710. The number of nitrogens with one attached hydrogen (secondary N) is 1. The van der Waals surface area contributed by atoms with Crippen LogP contribution in [0, 0.1) is 0 Å². The van der Waals surface area contributed by atoms with Gasteiger partial charge < -0.3 is 24.4 Å². The van der Waals surface area contributed by atoms with Crippen LogP contribution in [-0.4, -0.2) is 53.8 Å². The predicted octanol–water partition coefficient (Wildman–Crippen LogP) is 3.76. The van der Waals surface area contributed by atoms with Crippen LogP contribution in [0.1, 0.15) is 27.5 Å². The molecule has 216 valence electrons. The Morgan fingerprint density at radius 3 is 2.56 bits per heavy atom. The third kappa shape index (κ3) is 5.47. The second-order valence-electron chi connectivity index (χ2n) is 9.85. The Morgan fingerprint density at radius 2 is 1.79 bits per heavy atom. The summed E-state index contributed by atoms with van der Waals surface area (Å²) >= 11 is 0. The molecule has 2 aliphatic rings. The largest absolute Gasteiger partial charge is 0.497 e. The van der Waals surface area contributed by atoms with Crippen LogP contribution in [0.15, 0.2) is 91.3 Å². The number of fused-ring (bicyclic) bond motifs is 2. The van der Waals surface area contributed by atoms with Gasteiger partial charge in [0.1, 0.15) is 18.3 Å². The lowest BCUT2D eigenvalue weighted by atomic mass is 10.0. The van der Waals surface area contributed by atoms with Gasteiger partial charge in [-0.1, -0.05) is 30.3 Å². The first-order valence-corrected chi connectivity index (χ1v) is 13.4. The van der Waals surface area contributed by atoms with E-state index in [2.05, 4.69) is 10.3 Å². The Balaban J connectivity index is 1.38. The molecule has 0 aliphatic carbocycles. The van der Waals surface area contributed by atoms with E-state index in [0.29, 0.717) is 39.8 Å². The summed E-state index contributed by atoms with van der Waals surface area (Å²) < 4.78 is 16.1. The van der Waals surface area contributed by atoms with Crippen molar-refractivity contribution < 1.29 is 33.4 Å². The average molecular weight is 579 g/mol. The smallest absolute Gasteiger partial charge is 0.299 e. The number of hydrogen-bond donors (Lipinski definition) is 1. The van der Waals surface area contributed by atoms with E-state index in [1.807, 2.05) is 0 Å². The summed E-state index contributed by atoms with van der Waals surface area (Å²) in [6.07, 6.45) is 3.20. The van der Waals surface area contributed by atoms with Crippen LogP contribution in [0.2, 0.25) is 0 Å². The van der Waals surface area contributed by atoms with Gasteiger partial charge in [0, 0.05) is 30.7 Å². The Labute approximate surface area is 246 Å². The number of carbonyl (C=O) groups excluding carboxylic acids is 4. The second-order valence-corrected chi connectivity index (χ2v) is 9.85. The zero-order valence-electron chi connectivity index (χ0n) is 23.1. The van der Waals surface area contributed by atoms with Gasteiger partial charge in [-0.3, -0.25) is 29.1 Å². The first-order chi connectivity index (χ1) is 20.9. The monoisotopic (exact) mass is 578 g/mol. The second kappa shape index (κ2) is 11.6. The fourth-order valence-electron chi connectivity index (χ4n) is 5.09. The van der Waals surface area contributed by atoms with Crippen LogP contribution in [0.25, 0.3) is 0 Å². The standard InChI is InChI=1S/C32H26N4O7/c1-41-23-11-8-21(9-12-23)29(31(39)34-22-10-13-26-27(15-22)43-19-42-26)36(17-20-5-4-14-33-16-20)28(37)18-35-25-7-3-2-6-24(25)30(38)32(35)40/h2-16,29H,17-19H2,1H3,(H,34,39)/t29-/m0/s1. The molecule has 3 heterocycles. The molecule has 0 fully saturated rings. The molecule has 0 saturated heterocycles. The number of anilines is 2. The maximum absolute atomic E-state index is 14.2. The highest BCUT2D eigenvalue weighted by Crippen LogP contribution is 2.35. The van der Waals surface area contributed by atoms with Gasteiger partial charge in [-0.05, 0) is 53.6 Å². The van der Waals surface area contributed by atoms with Crippen LogP contribution in [0.3, 0.4) is 0 Å². The molecule has 3 aromatic carbocycles. The number of hydrogen-bond acceptors (Lipinski definition) is 8. The van der Waals surface area contributed by atoms with Crippen molar-refractivity contribution in [2.24, 2.45) is 0 Å². The summed E-state index contributed by atoms with van der Waals surface area (Å²) in [5, 5.41) is 2.90. The van der Waals surface area contributed by atoms with E-state index in [4.69, 9.17) is 14.2 Å². The number of Topliss-reactive ketones (excluding diaryl/α,β-unsaturated/α-hetero) is 1. The molecular weight excluding hydrogens is 552 g/mol. The number of carbonyl (C=O) groups is 4. The molecule has 4 aromatic rings. The van der Waals surface area contributed by atoms with Gasteiger partial charge in [0.05, 0.1) is 18.4 Å². The lowest BCUT2D eigenvalue weighted by Crippen LogP contribution is -2.46. The fraction of sp³-hybridized carbons (Fsp3) is 0.156. The Hall–Kier alpha value is -5.71. The molecule has 0 bridgehead atoms. The van der Waals surface area contributed by atoms with Gasteiger partial charge in [-0.15, -0.1) is 0 Å². The molecule has 0 unspecified atom stereocenters. The quantitative estimate of drug-likeness (QED) is 0.298. The van der Waals surface area contributed by atoms with Crippen LogP contribution in [0.5, 0.6) is 17.2 Å². The highest BCUT2D eigenvalue weighted by molar-refractivity contribution is 6.52. The van der Waals surface area contributed by atoms with Gasteiger partial charge >= 0.3 is 0 Å². The number of nitrogens with zero attached hydrogens (tertiary/aromatic N) is 3. The van der Waals surface area contributed by atoms with Crippen LogP contribution >= 0.6 is 0 Å². The molecule has 1 aromatic heterocycles. The molecule has 0 radical (unpaired) electrons. The van der Waals surface area contributed by atoms with Gasteiger partial charge in [0.2, 0.25) is 12.7 Å². The number of para-hydroxylation sites is 1. The fourth-order valence-corrected chi connectivity index (χ4v) is 5.09. The first kappa shape index (κ1) is 27.5. The summed E-state index contributed by atoms with van der Waals surface area (Å²) in [6, 6.07) is 20.7. The number of rotatable bonds is 9. The van der Waals surface area contributed by atoms with Crippen molar-refractivity contribution in [1.29, 1.82) is 0 Å². The van der Waals surface area contributed by atoms with Gasteiger partial charge in [0.15, 0.2) is 11.5 Å². The number of benzene rings is 3. The minimum Gasteiger partial charge on any atom is -0.497 e. The molecule has 1 N–H and O–H groups in total. The van der Waals surface area contributed by atoms with E-state index in [0.717, 1.165) is 4.90 Å². The average Bonchev–Trinajstić information content (AvgIpc) is 3.60. The minimum absolute atomic E-state index is 0.00441. The summed E-state index contributed by atoms with van der Waals surface area (Å²) in [6.45, 7) is -0.378. The topological polar surface area (TPSA) is 127 Å². The third-order valence-corrected chi connectivity index (χ3v) is 7.20. The summed E-state index contributed by atoms with van der Waals surface area (Å²) in [7, 11) is 1.53. The summed E-state index contributed by atoms with van der Waals surface area (Å²) in [5.74, 6) is -0.937. The highest BCUT2D eigenvalue weighted by Gasteiger charge is 2.39. The number of methoxy groups -OCH3 is 1. The lowest BCUT2D eigenvalue weighted by Gasteiger charge is -2.33. The Morgan fingerprint density at radius 1 is 1.00 bits per heavy atom. The number of amides is 3. The van der Waals surface area contributed by atoms with E-state index in [1.165, 1.54) is 12.0 Å². The normalized spacial score (nSPS) is 13.8. The van der Waals surface area contributed by atoms with Crippen LogP contribution < -0.4 is 24.4 Å². The van der Waals surface area contributed by atoms with Gasteiger partial charge in [-0.25, -0.2) is 0 Å². The maximum atomic E-state index is 14.2. The van der Waals surface area contributed by atoms with Crippen molar-refractivity contribution in [2.75, 3.05) is 30.7 Å². The molecule has 1 atom stereocenters. The van der Waals surface area contributed by atoms with Crippen LogP contribution in [0.4, 0.5) is 11.4 Å². The number of aromatic nitrogens is 1. The van der Waals surface area contributed by atoms with Crippen molar-refractivity contribution in [1.82, 2.24) is 9.88 Å². The minimum atomic E-state index is -1.15. The van der Waals surface area contributed by atoms with E-state index in [-0.39, 0.29) is 18.9 Å². The van der Waals surface area contributed by atoms with E-state index in [1.54, 1.807) is 91.3 Å². The first-order valence-electron chi connectivity index (χ1n) is 13.4. The molecule has 2 aliphatic heterocycles. The van der Waals surface area contributed by atoms with Gasteiger partial charge in [0.25, 0.3) is 17.6 Å². The predicted molar refractivity (Wildman–Crippen MR) is 155 cm³/mol. The summed E-state index contributed by atoms with van der Waals surface area (Å²) in [5.41, 5.74) is 2.18. The lowest BCUT2D eigenvalue weighted by molar-refractivity contribution is -0.139. The third-order valence-electron chi connectivity index (χ3n) is 7.20. The number of ketones is 1. The zero-order chi connectivity index (χ0) is 29.9. The van der Waals surface area contributed by atoms with Crippen molar-refractivity contribution in [3.63, 3.8) is 0 Å². The van der Waals surface area contributed by atoms with Crippen molar-refractivity contribution in [3.8, 4) is 17.2 Å². The van der Waals surface area contributed by atoms with E-state index in [9.17, 15) is 19.2 Å². The van der Waals surface area contributed by atoms with Crippen LogP contribution in [-0.2, 0) is 20.9 Å². The SMILES string of the molecule is COc1ccc([C@@H](C(=O)Nc2ccc3c(c2)OCO3)N(Cc2cccnc2)C(=O)CN2C(=O)C(=O)c3ccccc32)cc1. The van der Waals surface area contributed by atoms with Crippen molar-refractivity contribution >= 4 is 34.9 Å². The Kier molecular flexibility index (Phi) is 7.44. The zero-order valence-corrected chi connectivity index (χ0v) is 23.1. The highest BCUT2D eigenvalue weighted by atomic mass is 16.7. The molecule has 43 heavy (non-hydrogen) atoms. The van der Waals surface area contributed by atoms with E-state index >= 15 is 0 Å². The van der Waals surface area contributed by atoms with Crippen molar-refractivity contribution in [2.45, 2.75) is 12.6 Å². The molecule has 6 rings (SSSR count). The summed E-state index contributed by atoms with van der Waals surface area (Å²) in [4.78, 5) is 60.5. The van der Waals surface area contributed by atoms with Gasteiger partial charge in [-0.2, -0.15) is 0 Å². The van der Waals surface area contributed by atoms with E-state index < -0.39 is 36.1 Å². The number of pyridine rings is 1. The molecule has 3 amide bonds. The molecule has 11 nitrogen and oxygen atoms in total.